The number of halogens is 2. The molecule has 32 heavy (non-hydrogen) atoms. The molecule has 0 unspecified atom stereocenters. The van der Waals surface area contributed by atoms with Gasteiger partial charge in [-0.1, -0.05) is 48.5 Å². The van der Waals surface area contributed by atoms with Crippen molar-refractivity contribution in [3.63, 3.8) is 0 Å². The molecule has 2 fully saturated rings. The molecule has 1 heterocycles. The molecule has 2 aromatic carbocycles. The molecule has 1 saturated heterocycles. The fourth-order valence-corrected chi connectivity index (χ4v) is 4.41. The highest BCUT2D eigenvalue weighted by molar-refractivity contribution is 6.11. The normalized spacial score (nSPS) is 19.3. The first kappa shape index (κ1) is 22.1. The number of nitrogens with zero attached hydrogens (tertiary/aromatic N) is 1. The Bertz CT molecular complexity index is 1040. The van der Waals surface area contributed by atoms with Crippen LogP contribution in [0.3, 0.4) is 0 Å². The van der Waals surface area contributed by atoms with Crippen LogP contribution in [0.1, 0.15) is 41.6 Å². The van der Waals surface area contributed by atoms with Crippen LogP contribution in [0.2, 0.25) is 0 Å². The molecule has 0 radical (unpaired) electrons. The number of nitrogens with one attached hydrogen (secondary N) is 1. The minimum Gasteiger partial charge on any atom is -0.396 e. The molecule has 1 saturated carbocycles. The molecule has 0 atom stereocenters. The maximum absolute atomic E-state index is 13.5. The van der Waals surface area contributed by atoms with E-state index in [-0.39, 0.29) is 19.4 Å². The fourth-order valence-electron chi connectivity index (χ4n) is 4.41. The molecule has 1 spiro atoms. The lowest BCUT2D eigenvalue weighted by atomic mass is 9.80. The first-order valence-corrected chi connectivity index (χ1v) is 10.6. The van der Waals surface area contributed by atoms with E-state index in [0.29, 0.717) is 12.0 Å². The second kappa shape index (κ2) is 8.43. The average molecular weight is 442 g/mol. The van der Waals surface area contributed by atoms with E-state index >= 15 is 0 Å². The second-order valence-electron chi connectivity index (χ2n) is 8.39. The molecule has 2 aromatic rings. The molecule has 0 bridgehead atoms. The van der Waals surface area contributed by atoms with E-state index in [1.54, 1.807) is 24.3 Å². The molecular formula is C24H24F2N2O4. The minimum absolute atomic E-state index is 0.0264. The number of aliphatic hydroxyl groups is 1. The lowest BCUT2D eigenvalue weighted by Gasteiger charge is -2.34. The molecule has 168 valence electrons. The van der Waals surface area contributed by atoms with E-state index in [4.69, 9.17) is 0 Å². The Morgan fingerprint density at radius 1 is 1.00 bits per heavy atom. The van der Waals surface area contributed by atoms with Gasteiger partial charge in [-0.15, -0.1) is 0 Å². The van der Waals surface area contributed by atoms with E-state index in [1.807, 2.05) is 24.3 Å². The quantitative estimate of drug-likeness (QED) is 0.529. The number of Topliss-reactive ketones (excluding diaryl/α,β-unsaturated/α-hetero) is 1. The van der Waals surface area contributed by atoms with Gasteiger partial charge in [-0.3, -0.25) is 14.5 Å². The van der Waals surface area contributed by atoms with Crippen LogP contribution in [0.15, 0.2) is 48.5 Å². The maximum Gasteiger partial charge on any atom is 0.325 e. The number of hydrogen-bond donors (Lipinski definition) is 2. The van der Waals surface area contributed by atoms with Crippen LogP contribution in [0.4, 0.5) is 13.6 Å². The summed E-state index contributed by atoms with van der Waals surface area (Å²) in [6.07, 6.45) is -0.717. The number of rotatable bonds is 6. The fraction of sp³-hybridized carbons (Fsp3) is 0.375. The third-order valence-electron chi connectivity index (χ3n) is 6.30. The first-order chi connectivity index (χ1) is 15.2. The van der Waals surface area contributed by atoms with Gasteiger partial charge in [-0.2, -0.15) is 0 Å². The number of amides is 3. The predicted molar refractivity (Wildman–Crippen MR) is 113 cm³/mol. The summed E-state index contributed by atoms with van der Waals surface area (Å²) in [6, 6.07) is 13.7. The monoisotopic (exact) mass is 442 g/mol. The van der Waals surface area contributed by atoms with Crippen molar-refractivity contribution < 1.29 is 28.3 Å². The van der Waals surface area contributed by atoms with E-state index in [1.165, 1.54) is 0 Å². The molecule has 0 aromatic heterocycles. The van der Waals surface area contributed by atoms with Crippen molar-refractivity contribution in [2.45, 2.75) is 43.6 Å². The van der Waals surface area contributed by atoms with Crippen molar-refractivity contribution in [1.82, 2.24) is 10.2 Å². The van der Waals surface area contributed by atoms with Gasteiger partial charge in [0.2, 0.25) is 5.92 Å². The summed E-state index contributed by atoms with van der Waals surface area (Å²) < 4.78 is 27.0. The second-order valence-corrected chi connectivity index (χ2v) is 8.39. The van der Waals surface area contributed by atoms with Crippen molar-refractivity contribution in [3.8, 4) is 11.1 Å². The molecule has 8 heteroatoms. The summed E-state index contributed by atoms with van der Waals surface area (Å²) in [5.41, 5.74) is 1.81. The third kappa shape index (κ3) is 4.14. The molecule has 1 aliphatic carbocycles. The van der Waals surface area contributed by atoms with Gasteiger partial charge in [0.15, 0.2) is 5.78 Å². The standard InChI is InChI=1S/C24H24F2N2O4/c25-24(26)12-10-23(11-13-24)21(31)28(22(32)27-23)15-20(30)18-7-5-17(6-8-18)19-4-2-1-3-16(19)9-14-29/h1-8,29H,9-15H2,(H,27,32). The van der Waals surface area contributed by atoms with Gasteiger partial charge in [0.1, 0.15) is 5.54 Å². The van der Waals surface area contributed by atoms with Crippen LogP contribution in [0.25, 0.3) is 11.1 Å². The molecule has 1 aliphatic heterocycles. The number of aliphatic hydroxyl groups excluding tert-OH is 1. The van der Waals surface area contributed by atoms with Crippen molar-refractivity contribution in [2.24, 2.45) is 0 Å². The van der Waals surface area contributed by atoms with Gasteiger partial charge in [0.05, 0.1) is 6.54 Å². The van der Waals surface area contributed by atoms with Gasteiger partial charge < -0.3 is 10.4 Å². The van der Waals surface area contributed by atoms with E-state index in [2.05, 4.69) is 5.32 Å². The predicted octanol–water partition coefficient (Wildman–Crippen LogP) is 3.57. The zero-order chi connectivity index (χ0) is 22.9. The van der Waals surface area contributed by atoms with Crippen molar-refractivity contribution in [1.29, 1.82) is 0 Å². The number of benzene rings is 2. The summed E-state index contributed by atoms with van der Waals surface area (Å²) in [7, 11) is 0. The van der Waals surface area contributed by atoms with Gasteiger partial charge >= 0.3 is 6.03 Å². The molecule has 3 amide bonds. The number of urea groups is 1. The lowest BCUT2D eigenvalue weighted by molar-refractivity contribution is -0.135. The summed E-state index contributed by atoms with van der Waals surface area (Å²) in [5, 5.41) is 11.8. The minimum atomic E-state index is -2.84. The van der Waals surface area contributed by atoms with Crippen molar-refractivity contribution >= 4 is 17.7 Å². The Morgan fingerprint density at radius 2 is 1.66 bits per heavy atom. The van der Waals surface area contributed by atoms with Crippen LogP contribution >= 0.6 is 0 Å². The highest BCUT2D eigenvalue weighted by Gasteiger charge is 2.55. The number of hydrogen-bond acceptors (Lipinski definition) is 4. The Hall–Kier alpha value is -3.13. The SMILES string of the molecule is O=C(CN1C(=O)NC2(CCC(F)(F)CC2)C1=O)c1ccc(-c2ccccc2CCO)cc1. The highest BCUT2D eigenvalue weighted by Crippen LogP contribution is 2.41. The van der Waals surface area contributed by atoms with Crippen molar-refractivity contribution in [3.05, 3.63) is 59.7 Å². The van der Waals surface area contributed by atoms with E-state index in [0.717, 1.165) is 21.6 Å². The van der Waals surface area contributed by atoms with Gasteiger partial charge in [0, 0.05) is 25.0 Å². The maximum atomic E-state index is 13.5. The molecule has 2 aliphatic rings. The number of imide groups is 1. The van der Waals surface area contributed by atoms with Gasteiger partial charge in [-0.05, 0) is 36.0 Å². The van der Waals surface area contributed by atoms with E-state index < -0.39 is 48.6 Å². The number of carbonyl (C=O) groups excluding carboxylic acids is 3. The number of alkyl halides is 2. The van der Waals surface area contributed by atoms with Crippen LogP contribution in [0, 0.1) is 0 Å². The Morgan fingerprint density at radius 3 is 2.31 bits per heavy atom. The number of ketones is 1. The Kier molecular flexibility index (Phi) is 5.81. The zero-order valence-electron chi connectivity index (χ0n) is 17.4. The number of carbonyl (C=O) groups is 3. The van der Waals surface area contributed by atoms with Crippen LogP contribution in [-0.4, -0.2) is 52.3 Å². The largest absolute Gasteiger partial charge is 0.396 e. The summed E-state index contributed by atoms with van der Waals surface area (Å²) >= 11 is 0. The topological polar surface area (TPSA) is 86.7 Å². The molecule has 4 rings (SSSR count). The summed E-state index contributed by atoms with van der Waals surface area (Å²) in [5.74, 6) is -3.86. The van der Waals surface area contributed by atoms with Crippen LogP contribution in [-0.2, 0) is 11.2 Å². The Balaban J connectivity index is 1.47. The molecule has 2 N–H and O–H groups in total. The van der Waals surface area contributed by atoms with Crippen LogP contribution < -0.4 is 5.32 Å². The molecular weight excluding hydrogens is 418 g/mol. The highest BCUT2D eigenvalue weighted by atomic mass is 19.3. The van der Waals surface area contributed by atoms with Gasteiger partial charge in [0.25, 0.3) is 5.91 Å². The average Bonchev–Trinajstić information content (AvgIpc) is 3.01. The van der Waals surface area contributed by atoms with E-state index in [9.17, 15) is 28.3 Å². The van der Waals surface area contributed by atoms with Gasteiger partial charge in [-0.25, -0.2) is 13.6 Å². The van der Waals surface area contributed by atoms with Crippen LogP contribution in [0.5, 0.6) is 0 Å². The first-order valence-electron chi connectivity index (χ1n) is 10.6. The van der Waals surface area contributed by atoms with Crippen molar-refractivity contribution in [2.75, 3.05) is 13.2 Å². The third-order valence-corrected chi connectivity index (χ3v) is 6.30. The summed E-state index contributed by atoms with van der Waals surface area (Å²) in [6.45, 7) is -0.415. The zero-order valence-corrected chi connectivity index (χ0v) is 17.4. The Labute approximate surface area is 184 Å². The molecule has 6 nitrogen and oxygen atoms in total. The lowest BCUT2D eigenvalue weighted by Crippen LogP contribution is -2.51. The smallest absolute Gasteiger partial charge is 0.325 e. The summed E-state index contributed by atoms with van der Waals surface area (Å²) in [4.78, 5) is 38.8.